The van der Waals surface area contributed by atoms with Crippen molar-refractivity contribution in [3.8, 4) is 0 Å². The van der Waals surface area contributed by atoms with Gasteiger partial charge in [-0.05, 0) is 20.3 Å². The quantitative estimate of drug-likeness (QED) is 0.875. The van der Waals surface area contributed by atoms with E-state index in [1.165, 1.54) is 6.33 Å². The molecule has 1 saturated heterocycles. The van der Waals surface area contributed by atoms with E-state index in [-0.39, 0.29) is 11.9 Å². The van der Waals surface area contributed by atoms with Gasteiger partial charge in [0.05, 0.1) is 0 Å². The molecule has 0 spiro atoms. The summed E-state index contributed by atoms with van der Waals surface area (Å²) in [6.07, 6.45) is 2.92. The Kier molecular flexibility index (Phi) is 3.04. The van der Waals surface area contributed by atoms with E-state index in [2.05, 4.69) is 20.4 Å². The maximum Gasteiger partial charge on any atom is 0.254 e. The molecule has 1 amide bonds. The van der Waals surface area contributed by atoms with Gasteiger partial charge in [0.15, 0.2) is 0 Å². The SMILES string of the molecule is Cc1nc2ncnn2c(NC2CCC(=O)N(C)C2)c1C. The molecule has 2 aromatic heterocycles. The Morgan fingerprint density at radius 2 is 2.20 bits per heavy atom. The van der Waals surface area contributed by atoms with Crippen LogP contribution in [0, 0.1) is 13.8 Å². The zero-order valence-corrected chi connectivity index (χ0v) is 11.9. The average Bonchev–Trinajstić information content (AvgIpc) is 2.87. The first-order valence-corrected chi connectivity index (χ1v) is 6.73. The van der Waals surface area contributed by atoms with Crippen molar-refractivity contribution in [3.63, 3.8) is 0 Å². The van der Waals surface area contributed by atoms with Crippen molar-refractivity contribution in [2.24, 2.45) is 0 Å². The van der Waals surface area contributed by atoms with Gasteiger partial charge in [-0.25, -0.2) is 4.98 Å². The van der Waals surface area contributed by atoms with E-state index in [1.807, 2.05) is 20.9 Å². The van der Waals surface area contributed by atoms with Gasteiger partial charge >= 0.3 is 0 Å². The number of fused-ring (bicyclic) bond motifs is 1. The second-order valence-electron chi connectivity index (χ2n) is 5.30. The number of aromatic nitrogens is 4. The van der Waals surface area contributed by atoms with E-state index >= 15 is 0 Å². The summed E-state index contributed by atoms with van der Waals surface area (Å²) in [6.45, 7) is 4.69. The second kappa shape index (κ2) is 4.73. The highest BCUT2D eigenvalue weighted by molar-refractivity contribution is 5.77. The largest absolute Gasteiger partial charge is 0.365 e. The number of rotatable bonds is 2. The van der Waals surface area contributed by atoms with E-state index in [1.54, 1.807) is 9.42 Å². The first-order chi connectivity index (χ1) is 9.56. The smallest absolute Gasteiger partial charge is 0.254 e. The Hall–Kier alpha value is -2.18. The van der Waals surface area contributed by atoms with Crippen LogP contribution in [-0.4, -0.2) is 50.0 Å². The number of carbonyl (C=O) groups excluding carboxylic acids is 1. The predicted molar refractivity (Wildman–Crippen MR) is 74.5 cm³/mol. The minimum Gasteiger partial charge on any atom is -0.365 e. The van der Waals surface area contributed by atoms with Gasteiger partial charge in [0, 0.05) is 37.3 Å². The second-order valence-corrected chi connectivity index (χ2v) is 5.30. The van der Waals surface area contributed by atoms with Crippen molar-refractivity contribution in [3.05, 3.63) is 17.6 Å². The molecule has 3 heterocycles. The molecule has 0 aromatic carbocycles. The highest BCUT2D eigenvalue weighted by Gasteiger charge is 2.24. The van der Waals surface area contributed by atoms with Crippen LogP contribution in [0.25, 0.3) is 5.78 Å². The van der Waals surface area contributed by atoms with Gasteiger partial charge in [0.1, 0.15) is 12.1 Å². The van der Waals surface area contributed by atoms with Crippen molar-refractivity contribution < 1.29 is 4.79 Å². The number of hydrogen-bond donors (Lipinski definition) is 1. The third-order valence-electron chi connectivity index (χ3n) is 3.87. The van der Waals surface area contributed by atoms with E-state index in [4.69, 9.17) is 0 Å². The minimum absolute atomic E-state index is 0.205. The molecule has 0 radical (unpaired) electrons. The van der Waals surface area contributed by atoms with Crippen molar-refractivity contribution in [2.75, 3.05) is 18.9 Å². The maximum atomic E-state index is 11.5. The lowest BCUT2D eigenvalue weighted by molar-refractivity contribution is -0.132. The molecule has 1 fully saturated rings. The molecule has 7 nitrogen and oxygen atoms in total. The molecule has 1 unspecified atom stereocenters. The number of likely N-dealkylation sites (tertiary alicyclic amines) is 1. The molecular formula is C13H18N6O. The molecule has 20 heavy (non-hydrogen) atoms. The van der Waals surface area contributed by atoms with Gasteiger partial charge in [0.2, 0.25) is 5.91 Å². The summed E-state index contributed by atoms with van der Waals surface area (Å²) in [4.78, 5) is 21.9. The van der Waals surface area contributed by atoms with E-state index in [9.17, 15) is 4.79 Å². The van der Waals surface area contributed by atoms with Crippen LogP contribution in [0.4, 0.5) is 5.82 Å². The van der Waals surface area contributed by atoms with Crippen LogP contribution in [0.2, 0.25) is 0 Å². The summed E-state index contributed by atoms with van der Waals surface area (Å²) in [7, 11) is 1.84. The van der Waals surface area contributed by atoms with Crippen molar-refractivity contribution in [2.45, 2.75) is 32.7 Å². The number of nitrogens with one attached hydrogen (secondary N) is 1. The number of carbonyl (C=O) groups is 1. The summed E-state index contributed by atoms with van der Waals surface area (Å²) in [5, 5.41) is 7.72. The third kappa shape index (κ3) is 2.09. The maximum absolute atomic E-state index is 11.5. The summed E-state index contributed by atoms with van der Waals surface area (Å²) >= 11 is 0. The molecule has 1 atom stereocenters. The number of piperidine rings is 1. The Balaban J connectivity index is 1.92. The Morgan fingerprint density at radius 3 is 2.95 bits per heavy atom. The van der Waals surface area contributed by atoms with E-state index in [0.29, 0.717) is 18.7 Å². The number of nitrogens with zero attached hydrogens (tertiary/aromatic N) is 5. The Bertz CT molecular complexity index is 664. The van der Waals surface area contributed by atoms with Gasteiger partial charge in [-0.15, -0.1) is 0 Å². The highest BCUT2D eigenvalue weighted by atomic mass is 16.2. The van der Waals surface area contributed by atoms with Gasteiger partial charge in [-0.1, -0.05) is 0 Å². The molecule has 7 heteroatoms. The summed E-state index contributed by atoms with van der Waals surface area (Å²) in [5.74, 6) is 1.71. The summed E-state index contributed by atoms with van der Waals surface area (Å²) < 4.78 is 1.72. The van der Waals surface area contributed by atoms with Gasteiger partial charge < -0.3 is 10.2 Å². The van der Waals surface area contributed by atoms with Crippen LogP contribution in [0.5, 0.6) is 0 Å². The molecule has 1 aliphatic rings. The first kappa shape index (κ1) is 12.8. The first-order valence-electron chi connectivity index (χ1n) is 6.73. The lowest BCUT2D eigenvalue weighted by Gasteiger charge is -2.31. The monoisotopic (exact) mass is 274 g/mol. The van der Waals surface area contributed by atoms with Crippen LogP contribution in [0.1, 0.15) is 24.1 Å². The minimum atomic E-state index is 0.205. The predicted octanol–water partition coefficient (Wildman–Crippen LogP) is 0.774. The van der Waals surface area contributed by atoms with Crippen molar-refractivity contribution >= 4 is 17.5 Å². The molecule has 2 aromatic rings. The van der Waals surface area contributed by atoms with Crippen LogP contribution < -0.4 is 5.32 Å². The fraction of sp³-hybridized carbons (Fsp3) is 0.538. The standard InChI is InChI=1S/C13H18N6O/c1-8-9(2)16-13-14-7-15-19(13)12(8)17-10-4-5-11(20)18(3)6-10/h7,10,17H,4-6H2,1-3H3. The molecular weight excluding hydrogens is 256 g/mol. The fourth-order valence-electron chi connectivity index (χ4n) is 2.53. The van der Waals surface area contributed by atoms with Gasteiger partial charge in [0.25, 0.3) is 5.78 Å². The number of hydrogen-bond acceptors (Lipinski definition) is 5. The molecule has 0 saturated carbocycles. The Labute approximate surface area is 117 Å². The number of likely N-dealkylation sites (N-methyl/N-ethyl adjacent to an activating group) is 1. The third-order valence-corrected chi connectivity index (χ3v) is 3.87. The van der Waals surface area contributed by atoms with Gasteiger partial charge in [-0.3, -0.25) is 4.79 Å². The van der Waals surface area contributed by atoms with Crippen molar-refractivity contribution in [1.29, 1.82) is 0 Å². The van der Waals surface area contributed by atoms with E-state index in [0.717, 1.165) is 23.5 Å². The van der Waals surface area contributed by atoms with E-state index < -0.39 is 0 Å². The van der Waals surface area contributed by atoms with Crippen LogP contribution in [-0.2, 0) is 4.79 Å². The number of anilines is 1. The normalized spacial score (nSPS) is 19.6. The molecule has 1 aliphatic heterocycles. The summed E-state index contributed by atoms with van der Waals surface area (Å²) in [6, 6.07) is 0.227. The molecule has 0 bridgehead atoms. The molecule has 106 valence electrons. The van der Waals surface area contributed by atoms with Crippen LogP contribution >= 0.6 is 0 Å². The molecule has 3 rings (SSSR count). The number of amides is 1. The average molecular weight is 274 g/mol. The van der Waals surface area contributed by atoms with Crippen LogP contribution in [0.3, 0.4) is 0 Å². The lowest BCUT2D eigenvalue weighted by Crippen LogP contribution is -2.43. The van der Waals surface area contributed by atoms with Crippen LogP contribution in [0.15, 0.2) is 6.33 Å². The van der Waals surface area contributed by atoms with Crippen molar-refractivity contribution in [1.82, 2.24) is 24.5 Å². The molecule has 1 N–H and O–H groups in total. The topological polar surface area (TPSA) is 75.4 Å². The van der Waals surface area contributed by atoms with Gasteiger partial charge in [-0.2, -0.15) is 14.6 Å². The molecule has 0 aliphatic carbocycles. The summed E-state index contributed by atoms with van der Waals surface area (Å²) in [5.41, 5.74) is 2.00. The zero-order valence-electron chi connectivity index (χ0n) is 11.9. The zero-order chi connectivity index (χ0) is 14.3. The lowest BCUT2D eigenvalue weighted by atomic mass is 10.1. The number of aryl methyl sites for hydroxylation is 1. The highest BCUT2D eigenvalue weighted by Crippen LogP contribution is 2.21. The fourth-order valence-corrected chi connectivity index (χ4v) is 2.53. The Morgan fingerprint density at radius 1 is 1.40 bits per heavy atom.